The molecule has 0 saturated carbocycles. The van der Waals surface area contributed by atoms with Crippen LogP contribution >= 0.6 is 0 Å². The topological polar surface area (TPSA) is 77.8 Å². The summed E-state index contributed by atoms with van der Waals surface area (Å²) in [6.07, 6.45) is 2.19. The first-order valence-corrected chi connectivity index (χ1v) is 3.50. The fourth-order valence-corrected chi connectivity index (χ4v) is 0.856. The molecule has 0 bridgehead atoms. The molecule has 1 rings (SSSR count). The quantitative estimate of drug-likeness (QED) is 0.622. The van der Waals surface area contributed by atoms with Crippen LogP contribution in [0, 0.1) is 0 Å². The van der Waals surface area contributed by atoms with E-state index in [1.165, 1.54) is 6.33 Å². The summed E-state index contributed by atoms with van der Waals surface area (Å²) in [5.74, 6) is 0.496. The number of hydrogen-bond acceptors (Lipinski definition) is 4. The maximum absolute atomic E-state index is 5.57. The normalized spacial score (nSPS) is 12.9. The largest absolute Gasteiger partial charge is 0.384 e. The maximum atomic E-state index is 5.57. The summed E-state index contributed by atoms with van der Waals surface area (Å²) in [5, 5.41) is 0. The lowest BCUT2D eigenvalue weighted by molar-refractivity contribution is 0.720. The summed E-state index contributed by atoms with van der Waals surface area (Å²) in [6, 6.07) is 1.85. The maximum Gasteiger partial charge on any atom is 0.126 e. The molecule has 1 heterocycles. The van der Waals surface area contributed by atoms with E-state index in [-0.39, 0.29) is 6.04 Å². The van der Waals surface area contributed by atoms with Gasteiger partial charge in [0, 0.05) is 24.2 Å². The zero-order valence-electron chi connectivity index (χ0n) is 6.49. The molecule has 0 aromatic carbocycles. The van der Waals surface area contributed by atoms with E-state index in [0.29, 0.717) is 5.82 Å². The summed E-state index contributed by atoms with van der Waals surface area (Å²) in [4.78, 5) is 7.78. The predicted molar refractivity (Wildman–Crippen MR) is 43.8 cm³/mol. The van der Waals surface area contributed by atoms with E-state index in [0.717, 1.165) is 12.1 Å². The molecule has 0 saturated heterocycles. The summed E-state index contributed by atoms with van der Waals surface area (Å²) in [7, 11) is 0. The SMILES string of the molecule is CC(N)Cc1cc(N)ncn1. The van der Waals surface area contributed by atoms with Crippen molar-refractivity contribution >= 4 is 5.82 Å². The summed E-state index contributed by atoms with van der Waals surface area (Å²) in [5.41, 5.74) is 11.9. The Kier molecular flexibility index (Phi) is 2.38. The standard InChI is InChI=1S/C7H12N4/c1-5(8)2-6-3-7(9)11-4-10-6/h3-5H,2,8H2,1H3,(H2,9,10,11). The van der Waals surface area contributed by atoms with Gasteiger partial charge in [0.1, 0.15) is 12.1 Å². The molecule has 0 amide bonds. The van der Waals surface area contributed by atoms with Crippen LogP contribution < -0.4 is 11.5 Å². The van der Waals surface area contributed by atoms with E-state index in [1.807, 2.05) is 6.92 Å². The number of rotatable bonds is 2. The van der Waals surface area contributed by atoms with Gasteiger partial charge in [0.15, 0.2) is 0 Å². The number of nitrogens with two attached hydrogens (primary N) is 2. The summed E-state index contributed by atoms with van der Waals surface area (Å²) in [6.45, 7) is 1.93. The molecule has 1 aromatic heterocycles. The van der Waals surface area contributed by atoms with Crippen LogP contribution in [0.25, 0.3) is 0 Å². The molecule has 60 valence electrons. The molecule has 1 atom stereocenters. The highest BCUT2D eigenvalue weighted by Crippen LogP contribution is 2.00. The van der Waals surface area contributed by atoms with Crippen molar-refractivity contribution in [1.29, 1.82) is 0 Å². The molecule has 4 N–H and O–H groups in total. The van der Waals surface area contributed by atoms with Gasteiger partial charge in [-0.1, -0.05) is 0 Å². The van der Waals surface area contributed by atoms with Crippen molar-refractivity contribution < 1.29 is 0 Å². The zero-order valence-corrected chi connectivity index (χ0v) is 6.49. The van der Waals surface area contributed by atoms with Gasteiger partial charge >= 0.3 is 0 Å². The van der Waals surface area contributed by atoms with Crippen molar-refractivity contribution in [2.45, 2.75) is 19.4 Å². The average Bonchev–Trinajstić information content (AvgIpc) is 1.85. The highest BCUT2D eigenvalue weighted by atomic mass is 14.9. The van der Waals surface area contributed by atoms with Crippen LogP contribution in [-0.2, 0) is 6.42 Å². The molecular weight excluding hydrogens is 140 g/mol. The Morgan fingerprint density at radius 3 is 2.82 bits per heavy atom. The first-order valence-electron chi connectivity index (χ1n) is 3.50. The Bertz CT molecular complexity index is 234. The van der Waals surface area contributed by atoms with E-state index in [1.54, 1.807) is 6.07 Å². The van der Waals surface area contributed by atoms with Crippen LogP contribution in [0.1, 0.15) is 12.6 Å². The van der Waals surface area contributed by atoms with Crippen LogP contribution in [0.5, 0.6) is 0 Å². The third-order valence-electron chi connectivity index (χ3n) is 1.28. The molecule has 0 spiro atoms. The monoisotopic (exact) mass is 152 g/mol. The Morgan fingerprint density at radius 2 is 2.27 bits per heavy atom. The van der Waals surface area contributed by atoms with Crippen molar-refractivity contribution in [2.75, 3.05) is 5.73 Å². The zero-order chi connectivity index (χ0) is 8.27. The minimum Gasteiger partial charge on any atom is -0.384 e. The Hall–Kier alpha value is -1.16. The second kappa shape index (κ2) is 3.30. The van der Waals surface area contributed by atoms with Gasteiger partial charge < -0.3 is 11.5 Å². The first-order chi connectivity index (χ1) is 5.18. The minimum absolute atomic E-state index is 0.115. The molecule has 1 unspecified atom stereocenters. The molecule has 0 radical (unpaired) electrons. The van der Waals surface area contributed by atoms with E-state index < -0.39 is 0 Å². The lowest BCUT2D eigenvalue weighted by Crippen LogP contribution is -2.18. The van der Waals surface area contributed by atoms with Crippen molar-refractivity contribution in [3.8, 4) is 0 Å². The fraction of sp³-hybridized carbons (Fsp3) is 0.429. The Morgan fingerprint density at radius 1 is 1.55 bits per heavy atom. The van der Waals surface area contributed by atoms with Crippen LogP contribution in [-0.4, -0.2) is 16.0 Å². The molecule has 0 fully saturated rings. The van der Waals surface area contributed by atoms with Crippen LogP contribution in [0.3, 0.4) is 0 Å². The number of nitrogens with zero attached hydrogens (tertiary/aromatic N) is 2. The number of anilines is 1. The third kappa shape index (κ3) is 2.51. The second-order valence-corrected chi connectivity index (χ2v) is 2.62. The first kappa shape index (κ1) is 7.94. The average molecular weight is 152 g/mol. The lowest BCUT2D eigenvalue weighted by atomic mass is 10.2. The van der Waals surface area contributed by atoms with Crippen LogP contribution in [0.4, 0.5) is 5.82 Å². The number of aromatic nitrogens is 2. The van der Waals surface area contributed by atoms with Crippen molar-refractivity contribution in [3.63, 3.8) is 0 Å². The van der Waals surface area contributed by atoms with E-state index in [2.05, 4.69) is 9.97 Å². The molecule has 0 aliphatic rings. The Balaban J connectivity index is 2.71. The summed E-state index contributed by atoms with van der Waals surface area (Å²) < 4.78 is 0. The van der Waals surface area contributed by atoms with Gasteiger partial charge in [-0.2, -0.15) is 0 Å². The van der Waals surface area contributed by atoms with E-state index in [9.17, 15) is 0 Å². The van der Waals surface area contributed by atoms with Crippen LogP contribution in [0.15, 0.2) is 12.4 Å². The molecule has 1 aromatic rings. The third-order valence-corrected chi connectivity index (χ3v) is 1.28. The molecule has 0 aliphatic heterocycles. The van der Waals surface area contributed by atoms with Gasteiger partial charge in [-0.3, -0.25) is 0 Å². The molecule has 0 aliphatic carbocycles. The van der Waals surface area contributed by atoms with Gasteiger partial charge in [0.05, 0.1) is 0 Å². The van der Waals surface area contributed by atoms with Gasteiger partial charge in [0.2, 0.25) is 0 Å². The van der Waals surface area contributed by atoms with Gasteiger partial charge in [-0.25, -0.2) is 9.97 Å². The lowest BCUT2D eigenvalue weighted by Gasteiger charge is -2.03. The van der Waals surface area contributed by atoms with Crippen molar-refractivity contribution in [1.82, 2.24) is 9.97 Å². The summed E-state index contributed by atoms with van der Waals surface area (Å²) >= 11 is 0. The molecule has 4 heteroatoms. The van der Waals surface area contributed by atoms with Crippen molar-refractivity contribution in [3.05, 3.63) is 18.1 Å². The highest BCUT2D eigenvalue weighted by Gasteiger charge is 1.98. The molecular formula is C7H12N4. The van der Waals surface area contributed by atoms with Gasteiger partial charge in [-0.15, -0.1) is 0 Å². The minimum atomic E-state index is 0.115. The van der Waals surface area contributed by atoms with Gasteiger partial charge in [-0.05, 0) is 6.92 Å². The van der Waals surface area contributed by atoms with E-state index in [4.69, 9.17) is 11.5 Å². The number of nitrogen functional groups attached to an aromatic ring is 1. The molecule has 11 heavy (non-hydrogen) atoms. The number of hydrogen-bond donors (Lipinski definition) is 2. The predicted octanol–water partition coefficient (Wildman–Crippen LogP) is -0.0515. The van der Waals surface area contributed by atoms with Crippen molar-refractivity contribution in [2.24, 2.45) is 5.73 Å². The Labute approximate surface area is 65.6 Å². The second-order valence-electron chi connectivity index (χ2n) is 2.62. The molecule has 4 nitrogen and oxygen atoms in total. The highest BCUT2D eigenvalue weighted by molar-refractivity contribution is 5.27. The van der Waals surface area contributed by atoms with E-state index >= 15 is 0 Å². The smallest absolute Gasteiger partial charge is 0.126 e. The van der Waals surface area contributed by atoms with Crippen LogP contribution in [0.2, 0.25) is 0 Å². The van der Waals surface area contributed by atoms with Gasteiger partial charge in [0.25, 0.3) is 0 Å². The fourth-order valence-electron chi connectivity index (χ4n) is 0.856.